The van der Waals surface area contributed by atoms with Gasteiger partial charge in [-0.25, -0.2) is 0 Å². The molecular formula is C23H22BrN. The standard InChI is InChI=1S/C23H22BrN/c1-2-18(24)15-16-25-22-14-7-6-11-20(22)21-13-8-12-19(23(21)25)17-9-4-3-5-10-17/h3-14,18H,2,15-16H2,1H3. The molecule has 4 rings (SSSR count). The molecule has 0 saturated heterocycles. The molecule has 1 aromatic heterocycles. The van der Waals surface area contributed by atoms with Crippen LogP contribution < -0.4 is 0 Å². The molecule has 0 spiro atoms. The largest absolute Gasteiger partial charge is 0.340 e. The highest BCUT2D eigenvalue weighted by Crippen LogP contribution is 2.36. The lowest BCUT2D eigenvalue weighted by atomic mass is 10.0. The van der Waals surface area contributed by atoms with Crippen molar-refractivity contribution in [1.29, 1.82) is 0 Å². The molecule has 0 saturated carbocycles. The third kappa shape index (κ3) is 3.00. The molecule has 25 heavy (non-hydrogen) atoms. The Morgan fingerprint density at radius 1 is 0.840 bits per heavy atom. The van der Waals surface area contributed by atoms with Crippen LogP contribution in [0.5, 0.6) is 0 Å². The van der Waals surface area contributed by atoms with E-state index < -0.39 is 0 Å². The van der Waals surface area contributed by atoms with Crippen LogP contribution in [-0.2, 0) is 6.54 Å². The van der Waals surface area contributed by atoms with Crippen LogP contribution in [0, 0.1) is 0 Å². The summed E-state index contributed by atoms with van der Waals surface area (Å²) in [5.41, 5.74) is 5.28. The lowest BCUT2D eigenvalue weighted by Gasteiger charge is -2.13. The zero-order chi connectivity index (χ0) is 17.2. The number of halogens is 1. The van der Waals surface area contributed by atoms with Crippen LogP contribution in [0.1, 0.15) is 19.8 Å². The van der Waals surface area contributed by atoms with Crippen molar-refractivity contribution < 1.29 is 0 Å². The SMILES string of the molecule is CCC(Br)CCn1c2ccccc2c2cccc(-c3ccccc3)c21. The van der Waals surface area contributed by atoms with Crippen molar-refractivity contribution in [3.8, 4) is 11.1 Å². The minimum absolute atomic E-state index is 0.563. The molecule has 1 heterocycles. The monoisotopic (exact) mass is 391 g/mol. The number of hydrogen-bond acceptors (Lipinski definition) is 0. The van der Waals surface area contributed by atoms with Gasteiger partial charge in [0.2, 0.25) is 0 Å². The maximum absolute atomic E-state index is 3.80. The van der Waals surface area contributed by atoms with Crippen LogP contribution >= 0.6 is 15.9 Å². The first kappa shape index (κ1) is 16.4. The van der Waals surface area contributed by atoms with Gasteiger partial charge in [0.15, 0.2) is 0 Å². The summed E-state index contributed by atoms with van der Waals surface area (Å²) < 4.78 is 2.51. The van der Waals surface area contributed by atoms with Crippen molar-refractivity contribution in [2.75, 3.05) is 0 Å². The number of fused-ring (bicyclic) bond motifs is 3. The smallest absolute Gasteiger partial charge is 0.0571 e. The van der Waals surface area contributed by atoms with Gasteiger partial charge in [-0.1, -0.05) is 89.6 Å². The lowest BCUT2D eigenvalue weighted by molar-refractivity contribution is 0.647. The summed E-state index contributed by atoms with van der Waals surface area (Å²) in [6.45, 7) is 3.26. The summed E-state index contributed by atoms with van der Waals surface area (Å²) in [6.07, 6.45) is 2.29. The average Bonchev–Trinajstić information content (AvgIpc) is 3.01. The molecule has 1 atom stereocenters. The van der Waals surface area contributed by atoms with Crippen molar-refractivity contribution in [2.45, 2.75) is 31.1 Å². The van der Waals surface area contributed by atoms with Crippen molar-refractivity contribution in [1.82, 2.24) is 4.57 Å². The van der Waals surface area contributed by atoms with Gasteiger partial charge in [0.25, 0.3) is 0 Å². The molecule has 0 bridgehead atoms. The Balaban J connectivity index is 1.99. The average molecular weight is 392 g/mol. The van der Waals surface area contributed by atoms with Crippen LogP contribution in [0.25, 0.3) is 32.9 Å². The Labute approximate surface area is 157 Å². The second-order valence-electron chi connectivity index (χ2n) is 6.53. The van der Waals surface area contributed by atoms with Crippen LogP contribution in [0.15, 0.2) is 72.8 Å². The van der Waals surface area contributed by atoms with E-state index in [1.807, 2.05) is 0 Å². The molecule has 0 fully saturated rings. The fourth-order valence-corrected chi connectivity index (χ4v) is 3.87. The first-order valence-corrected chi connectivity index (χ1v) is 9.90. The number of nitrogens with zero attached hydrogens (tertiary/aromatic N) is 1. The predicted octanol–water partition coefficient (Wildman–Crippen LogP) is 7.03. The van der Waals surface area contributed by atoms with Crippen LogP contribution in [0.3, 0.4) is 0 Å². The second kappa shape index (κ2) is 7.05. The van der Waals surface area contributed by atoms with E-state index >= 15 is 0 Å². The van der Waals surface area contributed by atoms with Crippen molar-refractivity contribution in [3.05, 3.63) is 72.8 Å². The zero-order valence-corrected chi connectivity index (χ0v) is 16.0. The molecule has 0 aliphatic heterocycles. The number of para-hydroxylation sites is 2. The van der Waals surface area contributed by atoms with E-state index in [9.17, 15) is 0 Å². The van der Waals surface area contributed by atoms with E-state index in [1.165, 1.54) is 32.9 Å². The van der Waals surface area contributed by atoms with Gasteiger partial charge >= 0.3 is 0 Å². The van der Waals surface area contributed by atoms with Gasteiger partial charge in [0.05, 0.1) is 5.52 Å². The molecule has 0 radical (unpaired) electrons. The number of hydrogen-bond donors (Lipinski definition) is 0. The number of alkyl halides is 1. The lowest BCUT2D eigenvalue weighted by Crippen LogP contribution is -2.05. The Bertz CT molecular complexity index is 1000. The topological polar surface area (TPSA) is 4.93 Å². The highest BCUT2D eigenvalue weighted by atomic mass is 79.9. The zero-order valence-electron chi connectivity index (χ0n) is 14.5. The highest BCUT2D eigenvalue weighted by molar-refractivity contribution is 9.09. The van der Waals surface area contributed by atoms with E-state index in [4.69, 9.17) is 0 Å². The van der Waals surface area contributed by atoms with Crippen molar-refractivity contribution >= 4 is 37.7 Å². The Kier molecular flexibility index (Phi) is 4.63. The first-order valence-electron chi connectivity index (χ1n) is 8.99. The summed E-state index contributed by atoms with van der Waals surface area (Å²) in [5.74, 6) is 0. The van der Waals surface area contributed by atoms with Gasteiger partial charge in [-0.2, -0.15) is 0 Å². The molecule has 1 nitrogen and oxygen atoms in total. The van der Waals surface area contributed by atoms with Gasteiger partial charge in [-0.3, -0.25) is 0 Å². The van der Waals surface area contributed by atoms with Gasteiger partial charge in [-0.15, -0.1) is 0 Å². The number of rotatable bonds is 5. The quantitative estimate of drug-likeness (QED) is 0.322. The molecule has 0 N–H and O–H groups in total. The molecule has 0 amide bonds. The Morgan fingerprint density at radius 2 is 1.56 bits per heavy atom. The van der Waals surface area contributed by atoms with E-state index in [0.29, 0.717) is 4.83 Å². The first-order chi connectivity index (χ1) is 12.3. The predicted molar refractivity (Wildman–Crippen MR) is 113 cm³/mol. The van der Waals surface area contributed by atoms with E-state index in [2.05, 4.69) is 100 Å². The Hall–Kier alpha value is -2.06. The third-order valence-electron chi connectivity index (χ3n) is 4.98. The van der Waals surface area contributed by atoms with Crippen molar-refractivity contribution in [2.24, 2.45) is 0 Å². The normalized spacial score (nSPS) is 12.7. The van der Waals surface area contributed by atoms with E-state index in [-0.39, 0.29) is 0 Å². The summed E-state index contributed by atoms with van der Waals surface area (Å²) in [4.78, 5) is 0.563. The number of aromatic nitrogens is 1. The van der Waals surface area contributed by atoms with Crippen LogP contribution in [0.4, 0.5) is 0 Å². The molecule has 1 unspecified atom stereocenters. The fourth-order valence-electron chi connectivity index (χ4n) is 3.67. The molecule has 4 aromatic rings. The van der Waals surface area contributed by atoms with Crippen molar-refractivity contribution in [3.63, 3.8) is 0 Å². The Morgan fingerprint density at radius 3 is 2.36 bits per heavy atom. The van der Waals surface area contributed by atoms with Gasteiger partial charge in [0.1, 0.15) is 0 Å². The second-order valence-corrected chi connectivity index (χ2v) is 7.83. The summed E-state index contributed by atoms with van der Waals surface area (Å²) in [5, 5.41) is 2.69. The molecule has 3 aromatic carbocycles. The molecule has 0 aliphatic carbocycles. The highest BCUT2D eigenvalue weighted by Gasteiger charge is 2.15. The minimum Gasteiger partial charge on any atom is -0.340 e. The third-order valence-corrected chi connectivity index (χ3v) is 6.09. The van der Waals surface area contributed by atoms with E-state index in [1.54, 1.807) is 0 Å². The summed E-state index contributed by atoms with van der Waals surface area (Å²) in [6, 6.07) is 26.2. The van der Waals surface area contributed by atoms with Crippen LogP contribution in [-0.4, -0.2) is 9.39 Å². The van der Waals surface area contributed by atoms with E-state index in [0.717, 1.165) is 19.4 Å². The molecular weight excluding hydrogens is 370 g/mol. The molecule has 0 aliphatic rings. The van der Waals surface area contributed by atoms with Gasteiger partial charge < -0.3 is 4.57 Å². The van der Waals surface area contributed by atoms with Crippen LogP contribution in [0.2, 0.25) is 0 Å². The molecule has 2 heteroatoms. The fraction of sp³-hybridized carbons (Fsp3) is 0.217. The number of benzene rings is 3. The molecule has 126 valence electrons. The summed E-state index contributed by atoms with van der Waals surface area (Å²) >= 11 is 3.80. The maximum Gasteiger partial charge on any atom is 0.0571 e. The maximum atomic E-state index is 3.80. The number of aryl methyl sites for hydroxylation is 1. The van der Waals surface area contributed by atoms with Gasteiger partial charge in [-0.05, 0) is 24.5 Å². The minimum atomic E-state index is 0.563. The van der Waals surface area contributed by atoms with Gasteiger partial charge in [0, 0.05) is 33.2 Å². The summed E-state index contributed by atoms with van der Waals surface area (Å²) in [7, 11) is 0.